The summed E-state index contributed by atoms with van der Waals surface area (Å²) in [5.41, 5.74) is -0.643. The zero-order valence-corrected chi connectivity index (χ0v) is 19.5. The first-order valence-corrected chi connectivity index (χ1v) is 11.7. The second-order valence-corrected chi connectivity index (χ2v) is 8.65. The highest BCUT2D eigenvalue weighted by Crippen LogP contribution is 2.31. The highest BCUT2D eigenvalue weighted by atomic mass is 32.1. The molecule has 0 aliphatic rings. The Hall–Kier alpha value is -4.57. The fourth-order valence-electron chi connectivity index (χ4n) is 3.50. The van der Waals surface area contributed by atoms with Crippen LogP contribution in [-0.2, 0) is 6.18 Å². The summed E-state index contributed by atoms with van der Waals surface area (Å²) in [5.74, 6) is 0.253. The molecule has 6 nitrogen and oxygen atoms in total. The van der Waals surface area contributed by atoms with Crippen LogP contribution in [0.4, 0.5) is 13.2 Å². The van der Waals surface area contributed by atoms with Crippen LogP contribution in [-0.4, -0.2) is 9.97 Å². The second kappa shape index (κ2) is 9.82. The molecule has 0 unspecified atom stereocenters. The number of nitrogens with zero attached hydrogens (tertiary/aromatic N) is 2. The van der Waals surface area contributed by atoms with Gasteiger partial charge >= 0.3 is 17.4 Å². The van der Waals surface area contributed by atoms with E-state index in [2.05, 4.69) is 9.97 Å². The molecule has 0 fully saturated rings. The molecule has 3 heterocycles. The maximum Gasteiger partial charge on any atom is 0.416 e. The monoisotopic (exact) mass is 520 g/mol. The number of hydrogen-bond acceptors (Lipinski definition) is 7. The third-order valence-corrected chi connectivity index (χ3v) is 6.10. The molecule has 3 aromatic carbocycles. The maximum absolute atomic E-state index is 12.7. The number of hydrogen-bond donors (Lipinski definition) is 0. The summed E-state index contributed by atoms with van der Waals surface area (Å²) in [5, 5.41) is 2.72. The van der Waals surface area contributed by atoms with Crippen molar-refractivity contribution in [2.75, 3.05) is 0 Å². The van der Waals surface area contributed by atoms with Crippen molar-refractivity contribution in [3.8, 4) is 22.2 Å². The van der Waals surface area contributed by atoms with Crippen LogP contribution in [0.5, 0.6) is 0 Å². The van der Waals surface area contributed by atoms with Crippen molar-refractivity contribution in [1.82, 2.24) is 9.97 Å². The summed E-state index contributed by atoms with van der Waals surface area (Å²) in [6, 6.07) is 22.0. The number of thiophene rings is 1. The first-order chi connectivity index (χ1) is 17.8. The van der Waals surface area contributed by atoms with Crippen molar-refractivity contribution in [3.63, 3.8) is 0 Å². The fraction of sp³-hybridized carbons (Fsp3) is 0.0370. The lowest BCUT2D eigenvalue weighted by atomic mass is 10.1. The van der Waals surface area contributed by atoms with Gasteiger partial charge in [-0.15, -0.1) is 11.3 Å². The molecule has 0 aliphatic heterocycles. The Kier molecular flexibility index (Phi) is 6.41. The van der Waals surface area contributed by atoms with Gasteiger partial charge in [-0.1, -0.05) is 36.4 Å². The lowest BCUT2D eigenvalue weighted by molar-refractivity contribution is -0.137. The molecular weight excluding hydrogens is 505 g/mol. The molecular formula is C27H15F3N2O4S. The van der Waals surface area contributed by atoms with Crippen molar-refractivity contribution < 1.29 is 22.0 Å². The first kappa shape index (κ1) is 24.1. The number of rotatable bonds is 2. The molecule has 0 saturated heterocycles. The van der Waals surface area contributed by atoms with Gasteiger partial charge in [0.05, 0.1) is 32.2 Å². The molecule has 3 aromatic heterocycles. The Morgan fingerprint density at radius 3 is 1.86 bits per heavy atom. The summed E-state index contributed by atoms with van der Waals surface area (Å²) in [4.78, 5) is 32.8. The van der Waals surface area contributed by atoms with E-state index in [-0.39, 0.29) is 22.5 Å². The zero-order valence-electron chi connectivity index (χ0n) is 18.7. The van der Waals surface area contributed by atoms with Gasteiger partial charge in [0.15, 0.2) is 0 Å². The lowest BCUT2D eigenvalue weighted by Crippen LogP contribution is -2.06. The van der Waals surface area contributed by atoms with Crippen LogP contribution in [0.3, 0.4) is 0 Å². The topological polar surface area (TPSA) is 86.2 Å². The molecule has 184 valence electrons. The third kappa shape index (κ3) is 5.19. The minimum Gasteiger partial charge on any atom is -0.403 e. The SMILES string of the molecule is O=c1oc(-c2cccc(C(F)(F)F)c2)nc2ccccc12.O=c1oc(-c2cccs2)nc2ccccc12. The number of fused-ring (bicyclic) bond motifs is 2. The summed E-state index contributed by atoms with van der Waals surface area (Å²) in [7, 11) is 0. The molecule has 0 spiro atoms. The Bertz CT molecular complexity index is 1830. The molecule has 0 atom stereocenters. The van der Waals surface area contributed by atoms with Crippen molar-refractivity contribution in [2.24, 2.45) is 0 Å². The summed E-state index contributed by atoms with van der Waals surface area (Å²) >= 11 is 1.50. The average molecular weight is 520 g/mol. The van der Waals surface area contributed by atoms with E-state index in [4.69, 9.17) is 8.83 Å². The van der Waals surface area contributed by atoms with Crippen LogP contribution in [0.2, 0.25) is 0 Å². The van der Waals surface area contributed by atoms with E-state index in [1.54, 1.807) is 36.4 Å². The Morgan fingerprint density at radius 2 is 1.27 bits per heavy atom. The van der Waals surface area contributed by atoms with Crippen LogP contribution in [0.15, 0.2) is 109 Å². The van der Waals surface area contributed by atoms with E-state index >= 15 is 0 Å². The number of para-hydroxylation sites is 2. The largest absolute Gasteiger partial charge is 0.416 e. The Morgan fingerprint density at radius 1 is 0.676 bits per heavy atom. The van der Waals surface area contributed by atoms with Gasteiger partial charge in [-0.05, 0) is 53.9 Å². The highest BCUT2D eigenvalue weighted by Gasteiger charge is 2.30. The van der Waals surface area contributed by atoms with Gasteiger partial charge in [0.1, 0.15) is 0 Å². The molecule has 10 heteroatoms. The van der Waals surface area contributed by atoms with E-state index in [9.17, 15) is 22.8 Å². The number of benzene rings is 3. The first-order valence-electron chi connectivity index (χ1n) is 10.8. The average Bonchev–Trinajstić information content (AvgIpc) is 3.44. The molecule has 0 bridgehead atoms. The normalized spacial score (nSPS) is 11.3. The highest BCUT2D eigenvalue weighted by molar-refractivity contribution is 7.13. The summed E-state index contributed by atoms with van der Waals surface area (Å²) in [6.45, 7) is 0. The minimum atomic E-state index is -4.47. The molecule has 0 radical (unpaired) electrons. The van der Waals surface area contributed by atoms with Gasteiger partial charge in [-0.2, -0.15) is 13.2 Å². The lowest BCUT2D eigenvalue weighted by Gasteiger charge is -2.08. The predicted molar refractivity (Wildman–Crippen MR) is 134 cm³/mol. The number of halogens is 3. The number of alkyl halides is 3. The summed E-state index contributed by atoms with van der Waals surface area (Å²) < 4.78 is 48.3. The fourth-order valence-corrected chi connectivity index (χ4v) is 4.14. The van der Waals surface area contributed by atoms with Crippen molar-refractivity contribution in [2.45, 2.75) is 6.18 Å². The number of aromatic nitrogens is 2. The van der Waals surface area contributed by atoms with E-state index in [0.717, 1.165) is 17.0 Å². The van der Waals surface area contributed by atoms with Gasteiger partial charge in [-0.25, -0.2) is 19.6 Å². The van der Waals surface area contributed by atoms with Gasteiger partial charge in [0, 0.05) is 5.56 Å². The van der Waals surface area contributed by atoms with Gasteiger partial charge < -0.3 is 8.83 Å². The van der Waals surface area contributed by atoms with E-state index in [1.807, 2.05) is 29.6 Å². The second-order valence-electron chi connectivity index (χ2n) is 7.70. The zero-order chi connectivity index (χ0) is 26.0. The molecule has 6 rings (SSSR count). The van der Waals surface area contributed by atoms with Crippen molar-refractivity contribution in [3.05, 3.63) is 117 Å². The van der Waals surface area contributed by atoms with Crippen LogP contribution in [0.25, 0.3) is 44.0 Å². The summed E-state index contributed by atoms with van der Waals surface area (Å²) in [6.07, 6.45) is -4.47. The van der Waals surface area contributed by atoms with Crippen LogP contribution >= 0.6 is 11.3 Å². The van der Waals surface area contributed by atoms with Crippen LogP contribution in [0, 0.1) is 0 Å². The van der Waals surface area contributed by atoms with E-state index in [0.29, 0.717) is 22.3 Å². The molecule has 0 aliphatic carbocycles. The molecule has 6 aromatic rings. The quantitative estimate of drug-likeness (QED) is 0.250. The molecule has 0 saturated carbocycles. The standard InChI is InChI=1S/C15H8F3NO2.C12H7NO2S/c16-15(17,18)10-5-3-4-9(8-10)13-19-12-7-2-1-6-11(12)14(20)21-13;14-12-8-4-1-2-5-9(8)13-11(15-12)10-6-3-7-16-10/h1-8H;1-7H. The molecule has 0 amide bonds. The Labute approximate surface area is 210 Å². The Balaban J connectivity index is 0.000000157. The van der Waals surface area contributed by atoms with Crippen LogP contribution < -0.4 is 11.3 Å². The van der Waals surface area contributed by atoms with Crippen molar-refractivity contribution in [1.29, 1.82) is 0 Å². The molecule has 37 heavy (non-hydrogen) atoms. The van der Waals surface area contributed by atoms with Crippen LogP contribution in [0.1, 0.15) is 5.56 Å². The predicted octanol–water partition coefficient (Wildman–Crippen LogP) is 6.79. The van der Waals surface area contributed by atoms with Gasteiger partial charge in [0.25, 0.3) is 0 Å². The smallest absolute Gasteiger partial charge is 0.403 e. The van der Waals surface area contributed by atoms with Crippen molar-refractivity contribution >= 4 is 33.1 Å². The van der Waals surface area contributed by atoms with Gasteiger partial charge in [0.2, 0.25) is 11.8 Å². The minimum absolute atomic E-state index is 0.104. The van der Waals surface area contributed by atoms with E-state index in [1.165, 1.54) is 23.5 Å². The van der Waals surface area contributed by atoms with E-state index < -0.39 is 17.4 Å². The van der Waals surface area contributed by atoms with Gasteiger partial charge in [-0.3, -0.25) is 0 Å². The molecule has 0 N–H and O–H groups in total. The third-order valence-electron chi connectivity index (χ3n) is 5.24. The maximum atomic E-state index is 12.7.